The van der Waals surface area contributed by atoms with Crippen LogP contribution in [-0.2, 0) is 16.1 Å². The van der Waals surface area contributed by atoms with Crippen molar-refractivity contribution in [1.82, 2.24) is 0 Å². The summed E-state index contributed by atoms with van der Waals surface area (Å²) >= 11 is 0. The second-order valence-corrected chi connectivity index (χ2v) is 6.24. The lowest BCUT2D eigenvalue weighted by atomic mass is 9.85. The van der Waals surface area contributed by atoms with Gasteiger partial charge in [-0.2, -0.15) is 0 Å². The number of rotatable bonds is 9. The summed E-state index contributed by atoms with van der Waals surface area (Å²) in [6.07, 6.45) is 4.22. The van der Waals surface area contributed by atoms with Crippen LogP contribution in [0.25, 0.3) is 6.08 Å². The first-order valence-corrected chi connectivity index (χ1v) is 8.75. The Morgan fingerprint density at radius 1 is 1.15 bits per heavy atom. The van der Waals surface area contributed by atoms with Crippen LogP contribution in [0.2, 0.25) is 0 Å². The van der Waals surface area contributed by atoms with Crippen molar-refractivity contribution >= 4 is 12.0 Å². The molecule has 0 spiro atoms. The first kappa shape index (κ1) is 19.7. The molecule has 0 aliphatic rings. The summed E-state index contributed by atoms with van der Waals surface area (Å²) in [6.45, 7) is 3.95. The van der Waals surface area contributed by atoms with E-state index in [2.05, 4.69) is 0 Å². The van der Waals surface area contributed by atoms with E-state index >= 15 is 0 Å². The van der Waals surface area contributed by atoms with Crippen molar-refractivity contribution in [3.63, 3.8) is 0 Å². The lowest BCUT2D eigenvalue weighted by Gasteiger charge is -2.33. The molecule has 0 aromatic heterocycles. The number of hydrogen-bond acceptors (Lipinski definition) is 3. The molecule has 2 aromatic carbocycles. The van der Waals surface area contributed by atoms with Gasteiger partial charge in [0.25, 0.3) is 0 Å². The van der Waals surface area contributed by atoms with E-state index in [0.29, 0.717) is 6.42 Å². The van der Waals surface area contributed by atoms with Crippen molar-refractivity contribution in [2.45, 2.75) is 32.5 Å². The second kappa shape index (κ2) is 9.20. The molecule has 4 nitrogen and oxygen atoms in total. The van der Waals surface area contributed by atoms with Crippen molar-refractivity contribution < 1.29 is 19.4 Å². The van der Waals surface area contributed by atoms with Crippen LogP contribution in [0.5, 0.6) is 5.75 Å². The highest BCUT2D eigenvalue weighted by Gasteiger charge is 2.42. The molecular formula is C22H26O4. The Kier molecular flexibility index (Phi) is 6.98. The predicted molar refractivity (Wildman–Crippen MR) is 103 cm³/mol. The molecule has 0 saturated heterocycles. The fourth-order valence-corrected chi connectivity index (χ4v) is 2.87. The zero-order valence-electron chi connectivity index (χ0n) is 15.5. The highest BCUT2D eigenvalue weighted by Crippen LogP contribution is 2.30. The Hall–Kier alpha value is -2.59. The van der Waals surface area contributed by atoms with E-state index < -0.39 is 11.6 Å². The molecule has 2 aromatic rings. The number of aliphatic carboxylic acids is 1. The van der Waals surface area contributed by atoms with Crippen LogP contribution in [-0.4, -0.2) is 23.8 Å². The van der Waals surface area contributed by atoms with E-state index in [9.17, 15) is 9.90 Å². The molecule has 1 N–H and O–H groups in total. The maximum absolute atomic E-state index is 12.0. The summed E-state index contributed by atoms with van der Waals surface area (Å²) in [6, 6.07) is 17.3. The van der Waals surface area contributed by atoms with Crippen LogP contribution in [0.4, 0.5) is 0 Å². The first-order chi connectivity index (χ1) is 12.5. The van der Waals surface area contributed by atoms with Crippen molar-refractivity contribution in [2.24, 2.45) is 5.92 Å². The molecule has 0 saturated carbocycles. The molecule has 26 heavy (non-hydrogen) atoms. The van der Waals surface area contributed by atoms with Crippen molar-refractivity contribution in [3.8, 4) is 5.75 Å². The summed E-state index contributed by atoms with van der Waals surface area (Å²) in [5.41, 5.74) is 0.666. The van der Waals surface area contributed by atoms with Crippen molar-refractivity contribution in [1.29, 1.82) is 0 Å². The minimum absolute atomic E-state index is 0.230. The predicted octanol–water partition coefficient (Wildman–Crippen LogP) is 4.79. The molecule has 0 amide bonds. The summed E-state index contributed by atoms with van der Waals surface area (Å²) < 4.78 is 11.1. The standard InChI is InChI=1S/C22H26O4/c1-4-22(21(23)24,17(2)10-11-18-8-6-5-7-9-18)26-16-19-12-14-20(25-3)15-13-19/h5-15,17H,4,16H2,1-3H3,(H,23,24)/b11-10+. The van der Waals surface area contributed by atoms with Gasteiger partial charge in [-0.05, 0) is 29.7 Å². The number of carbonyl (C=O) groups is 1. The molecule has 0 radical (unpaired) electrons. The number of hydrogen-bond donors (Lipinski definition) is 1. The quantitative estimate of drug-likeness (QED) is 0.703. The van der Waals surface area contributed by atoms with Crippen LogP contribution in [0.15, 0.2) is 60.7 Å². The zero-order chi connectivity index (χ0) is 19.0. The van der Waals surface area contributed by atoms with Crippen molar-refractivity contribution in [2.75, 3.05) is 7.11 Å². The maximum Gasteiger partial charge on any atom is 0.336 e. The van der Waals surface area contributed by atoms with Crippen molar-refractivity contribution in [3.05, 3.63) is 71.8 Å². The smallest absolute Gasteiger partial charge is 0.336 e. The third kappa shape index (κ3) is 4.73. The Labute approximate surface area is 155 Å². The lowest BCUT2D eigenvalue weighted by Crippen LogP contribution is -2.46. The minimum Gasteiger partial charge on any atom is -0.497 e. The number of ether oxygens (including phenoxy) is 2. The lowest BCUT2D eigenvalue weighted by molar-refractivity contribution is -0.174. The molecule has 4 heteroatoms. The normalized spacial score (nSPS) is 14.7. The van der Waals surface area contributed by atoms with Gasteiger partial charge in [-0.1, -0.05) is 68.5 Å². The number of carboxylic acid groups (broad SMARTS) is 1. The van der Waals surface area contributed by atoms with Crippen LogP contribution >= 0.6 is 0 Å². The average molecular weight is 354 g/mol. The fourth-order valence-electron chi connectivity index (χ4n) is 2.87. The third-order valence-electron chi connectivity index (χ3n) is 4.66. The Bertz CT molecular complexity index is 722. The van der Waals surface area contributed by atoms with Gasteiger partial charge in [0.05, 0.1) is 13.7 Å². The monoisotopic (exact) mass is 354 g/mol. The Morgan fingerprint density at radius 2 is 1.81 bits per heavy atom. The molecule has 0 heterocycles. The number of benzene rings is 2. The van der Waals surface area contributed by atoms with Gasteiger partial charge < -0.3 is 14.6 Å². The van der Waals surface area contributed by atoms with E-state index in [1.807, 2.05) is 80.6 Å². The van der Waals surface area contributed by atoms with Gasteiger partial charge in [-0.3, -0.25) is 0 Å². The molecule has 0 aliphatic carbocycles. The van der Waals surface area contributed by atoms with Crippen LogP contribution < -0.4 is 4.74 Å². The van der Waals surface area contributed by atoms with Gasteiger partial charge in [-0.15, -0.1) is 0 Å². The third-order valence-corrected chi connectivity index (χ3v) is 4.66. The summed E-state index contributed by atoms with van der Waals surface area (Å²) in [5, 5.41) is 9.87. The fraction of sp³-hybridized carbons (Fsp3) is 0.318. The Morgan fingerprint density at radius 3 is 2.35 bits per heavy atom. The highest BCUT2D eigenvalue weighted by atomic mass is 16.5. The van der Waals surface area contributed by atoms with E-state index in [4.69, 9.17) is 9.47 Å². The van der Waals surface area contributed by atoms with Gasteiger partial charge in [0.1, 0.15) is 5.75 Å². The van der Waals surface area contributed by atoms with E-state index in [0.717, 1.165) is 16.9 Å². The molecule has 2 rings (SSSR count). The first-order valence-electron chi connectivity index (χ1n) is 8.75. The SMILES string of the molecule is CCC(OCc1ccc(OC)cc1)(C(=O)O)C(C)/C=C/c1ccccc1. The van der Waals surface area contributed by atoms with Crippen LogP contribution in [0.3, 0.4) is 0 Å². The second-order valence-electron chi connectivity index (χ2n) is 6.24. The molecule has 0 aliphatic heterocycles. The van der Waals surface area contributed by atoms with E-state index in [1.54, 1.807) is 7.11 Å². The maximum atomic E-state index is 12.0. The molecule has 138 valence electrons. The largest absolute Gasteiger partial charge is 0.497 e. The van der Waals surface area contributed by atoms with Gasteiger partial charge in [0.2, 0.25) is 0 Å². The average Bonchev–Trinajstić information content (AvgIpc) is 2.68. The minimum atomic E-state index is -1.27. The molecular weight excluding hydrogens is 328 g/mol. The van der Waals surface area contributed by atoms with Gasteiger partial charge in [-0.25, -0.2) is 4.79 Å². The summed E-state index contributed by atoms with van der Waals surface area (Å²) in [4.78, 5) is 12.0. The van der Waals surface area contributed by atoms with Gasteiger partial charge >= 0.3 is 5.97 Å². The zero-order valence-corrected chi connectivity index (χ0v) is 15.5. The van der Waals surface area contributed by atoms with Gasteiger partial charge in [0, 0.05) is 5.92 Å². The molecule has 2 unspecified atom stereocenters. The topological polar surface area (TPSA) is 55.8 Å². The highest BCUT2D eigenvalue weighted by molar-refractivity contribution is 5.78. The summed E-state index contributed by atoms with van der Waals surface area (Å²) in [7, 11) is 1.61. The Balaban J connectivity index is 2.15. The summed E-state index contributed by atoms with van der Waals surface area (Å²) in [5.74, 6) is -0.477. The van der Waals surface area contributed by atoms with Crippen LogP contribution in [0, 0.1) is 5.92 Å². The molecule has 2 atom stereocenters. The molecule has 0 bridgehead atoms. The van der Waals surface area contributed by atoms with E-state index in [-0.39, 0.29) is 12.5 Å². The molecule has 0 fully saturated rings. The number of carboxylic acids is 1. The van der Waals surface area contributed by atoms with E-state index in [1.165, 1.54) is 0 Å². The van der Waals surface area contributed by atoms with Gasteiger partial charge in [0.15, 0.2) is 5.60 Å². The number of methoxy groups -OCH3 is 1. The van der Waals surface area contributed by atoms with Crippen LogP contribution in [0.1, 0.15) is 31.4 Å².